The van der Waals surface area contributed by atoms with Gasteiger partial charge in [0.15, 0.2) is 18.2 Å². The highest BCUT2D eigenvalue weighted by Gasteiger charge is 2.59. The Morgan fingerprint density at radius 1 is 1.28 bits per heavy atom. The van der Waals surface area contributed by atoms with Crippen LogP contribution in [0.5, 0.6) is 0 Å². The van der Waals surface area contributed by atoms with E-state index < -0.39 is 18.2 Å². The number of hydrogen-bond donors (Lipinski definition) is 0. The van der Waals surface area contributed by atoms with Crippen LogP contribution in [0.2, 0.25) is 0 Å². The van der Waals surface area contributed by atoms with Crippen molar-refractivity contribution in [2.75, 3.05) is 6.61 Å². The van der Waals surface area contributed by atoms with Gasteiger partial charge in [-0.05, 0) is 20.8 Å². The summed E-state index contributed by atoms with van der Waals surface area (Å²) in [5.74, 6) is -0.990. The van der Waals surface area contributed by atoms with Gasteiger partial charge in [0.05, 0.1) is 12.7 Å². The molecule has 3 fully saturated rings. The number of esters is 1. The van der Waals surface area contributed by atoms with E-state index in [1.54, 1.807) is 6.92 Å². The molecule has 5 atom stereocenters. The normalized spacial score (nSPS) is 44.7. The lowest BCUT2D eigenvalue weighted by Crippen LogP contribution is -2.34. The zero-order valence-corrected chi connectivity index (χ0v) is 10.8. The summed E-state index contributed by atoms with van der Waals surface area (Å²) >= 11 is 0. The summed E-state index contributed by atoms with van der Waals surface area (Å²) in [5, 5.41) is 0. The third-order valence-electron chi connectivity index (χ3n) is 3.40. The monoisotopic (exact) mass is 258 g/mol. The van der Waals surface area contributed by atoms with Crippen molar-refractivity contribution in [3.8, 4) is 0 Å². The molecule has 3 aliphatic rings. The second-order valence-electron chi connectivity index (χ2n) is 5.22. The molecule has 0 bridgehead atoms. The van der Waals surface area contributed by atoms with Crippen LogP contribution in [0.15, 0.2) is 0 Å². The van der Waals surface area contributed by atoms with Gasteiger partial charge in [-0.15, -0.1) is 0 Å². The SMILES string of the molecule is CCOC(=O)C1C[C@@H]2O[C@@H]3OC(C)(C)O[C@@H]3[C@@H]2O1. The first-order chi connectivity index (χ1) is 8.50. The van der Waals surface area contributed by atoms with Crippen molar-refractivity contribution in [2.45, 2.75) is 63.7 Å². The minimum Gasteiger partial charge on any atom is -0.464 e. The highest BCUT2D eigenvalue weighted by Crippen LogP contribution is 2.43. The molecular weight excluding hydrogens is 240 g/mol. The fourth-order valence-electron chi connectivity index (χ4n) is 2.74. The minimum atomic E-state index is -0.661. The Balaban J connectivity index is 1.65. The smallest absolute Gasteiger partial charge is 0.335 e. The van der Waals surface area contributed by atoms with Gasteiger partial charge < -0.3 is 23.7 Å². The van der Waals surface area contributed by atoms with Gasteiger partial charge in [0.25, 0.3) is 0 Å². The second-order valence-corrected chi connectivity index (χ2v) is 5.22. The molecular formula is C12H18O6. The molecule has 3 rings (SSSR count). The van der Waals surface area contributed by atoms with Crippen molar-refractivity contribution in [3.05, 3.63) is 0 Å². The highest BCUT2D eigenvalue weighted by molar-refractivity contribution is 5.75. The van der Waals surface area contributed by atoms with Gasteiger partial charge in [-0.25, -0.2) is 4.79 Å². The predicted octanol–water partition coefficient (Wildman–Crippen LogP) is 0.583. The summed E-state index contributed by atoms with van der Waals surface area (Å²) < 4.78 is 27.7. The second kappa shape index (κ2) is 4.16. The summed E-state index contributed by atoms with van der Waals surface area (Å²) in [4.78, 5) is 11.6. The Morgan fingerprint density at radius 3 is 2.78 bits per heavy atom. The van der Waals surface area contributed by atoms with E-state index in [1.165, 1.54) is 0 Å². The first-order valence-electron chi connectivity index (χ1n) is 6.33. The van der Waals surface area contributed by atoms with E-state index in [4.69, 9.17) is 23.7 Å². The summed E-state index contributed by atoms with van der Waals surface area (Å²) in [6.07, 6.45) is -1.09. The van der Waals surface area contributed by atoms with E-state index in [0.717, 1.165) is 0 Å². The van der Waals surface area contributed by atoms with Crippen LogP contribution < -0.4 is 0 Å². The van der Waals surface area contributed by atoms with E-state index in [0.29, 0.717) is 13.0 Å². The largest absolute Gasteiger partial charge is 0.464 e. The molecule has 3 aliphatic heterocycles. The Kier molecular flexibility index (Phi) is 2.85. The van der Waals surface area contributed by atoms with Crippen LogP contribution in [-0.4, -0.2) is 49.1 Å². The van der Waals surface area contributed by atoms with E-state index in [9.17, 15) is 4.79 Å². The van der Waals surface area contributed by atoms with Crippen LogP contribution >= 0.6 is 0 Å². The molecule has 0 radical (unpaired) electrons. The van der Waals surface area contributed by atoms with Gasteiger partial charge in [0.1, 0.15) is 12.2 Å². The van der Waals surface area contributed by atoms with Gasteiger partial charge in [0.2, 0.25) is 0 Å². The molecule has 3 saturated heterocycles. The average molecular weight is 258 g/mol. The molecule has 102 valence electrons. The fraction of sp³-hybridized carbons (Fsp3) is 0.917. The molecule has 6 nitrogen and oxygen atoms in total. The van der Waals surface area contributed by atoms with Crippen LogP contribution in [0.4, 0.5) is 0 Å². The maximum atomic E-state index is 11.6. The molecule has 0 aromatic heterocycles. The van der Waals surface area contributed by atoms with Crippen LogP contribution in [0, 0.1) is 0 Å². The molecule has 1 unspecified atom stereocenters. The number of carbonyl (C=O) groups excluding carboxylic acids is 1. The molecule has 0 saturated carbocycles. The van der Waals surface area contributed by atoms with Crippen molar-refractivity contribution in [1.82, 2.24) is 0 Å². The summed E-state index contributed by atoms with van der Waals surface area (Å²) in [6, 6.07) is 0. The van der Waals surface area contributed by atoms with Gasteiger partial charge in [0, 0.05) is 6.42 Å². The minimum absolute atomic E-state index is 0.148. The molecule has 0 N–H and O–H groups in total. The summed E-state index contributed by atoms with van der Waals surface area (Å²) in [6.45, 7) is 5.80. The van der Waals surface area contributed by atoms with Gasteiger partial charge in [-0.2, -0.15) is 0 Å². The number of fused-ring (bicyclic) bond motifs is 3. The molecule has 0 spiro atoms. The Morgan fingerprint density at radius 2 is 2.06 bits per heavy atom. The lowest BCUT2D eigenvalue weighted by molar-refractivity contribution is -0.209. The molecule has 18 heavy (non-hydrogen) atoms. The van der Waals surface area contributed by atoms with Crippen LogP contribution in [0.1, 0.15) is 27.2 Å². The fourth-order valence-corrected chi connectivity index (χ4v) is 2.74. The van der Waals surface area contributed by atoms with Gasteiger partial charge in [-0.3, -0.25) is 0 Å². The van der Waals surface area contributed by atoms with Crippen LogP contribution in [0.3, 0.4) is 0 Å². The maximum absolute atomic E-state index is 11.6. The highest BCUT2D eigenvalue weighted by atomic mass is 16.8. The van der Waals surface area contributed by atoms with E-state index >= 15 is 0 Å². The number of hydrogen-bond acceptors (Lipinski definition) is 6. The zero-order chi connectivity index (χ0) is 12.9. The number of ether oxygens (including phenoxy) is 5. The predicted molar refractivity (Wildman–Crippen MR) is 58.6 cm³/mol. The lowest BCUT2D eigenvalue weighted by Gasteiger charge is -2.20. The summed E-state index contributed by atoms with van der Waals surface area (Å²) in [7, 11) is 0. The zero-order valence-electron chi connectivity index (χ0n) is 10.8. The molecule has 3 heterocycles. The van der Waals surface area contributed by atoms with Crippen molar-refractivity contribution in [3.63, 3.8) is 0 Å². The standard InChI is InChI=1S/C12H18O6/c1-4-14-10(13)7-5-6-8(15-7)9-11(16-6)18-12(2,3)17-9/h6-9,11H,4-5H2,1-3H3/t6-,7?,8+,9+,11+/m0/s1. The first kappa shape index (κ1) is 12.3. The third kappa shape index (κ3) is 1.93. The Hall–Kier alpha value is -0.690. The molecule has 6 heteroatoms. The third-order valence-corrected chi connectivity index (χ3v) is 3.40. The van der Waals surface area contributed by atoms with Crippen molar-refractivity contribution in [1.29, 1.82) is 0 Å². The van der Waals surface area contributed by atoms with Gasteiger partial charge >= 0.3 is 5.97 Å². The van der Waals surface area contributed by atoms with Crippen molar-refractivity contribution < 1.29 is 28.5 Å². The lowest BCUT2D eigenvalue weighted by atomic mass is 10.1. The Labute approximate surface area is 105 Å². The first-order valence-corrected chi connectivity index (χ1v) is 6.33. The molecule has 0 amide bonds. The molecule has 0 aromatic rings. The van der Waals surface area contributed by atoms with E-state index in [-0.39, 0.29) is 24.3 Å². The number of carbonyl (C=O) groups is 1. The quantitative estimate of drug-likeness (QED) is 0.675. The van der Waals surface area contributed by atoms with Crippen LogP contribution in [0.25, 0.3) is 0 Å². The Bertz CT molecular complexity index is 354. The van der Waals surface area contributed by atoms with E-state index in [2.05, 4.69) is 0 Å². The van der Waals surface area contributed by atoms with Crippen molar-refractivity contribution >= 4 is 5.97 Å². The molecule has 0 aromatic carbocycles. The average Bonchev–Trinajstić information content (AvgIpc) is 2.86. The topological polar surface area (TPSA) is 63.2 Å². The molecule has 0 aliphatic carbocycles. The summed E-state index contributed by atoms with van der Waals surface area (Å²) in [5.41, 5.74) is 0. The number of rotatable bonds is 2. The van der Waals surface area contributed by atoms with E-state index in [1.807, 2.05) is 13.8 Å². The van der Waals surface area contributed by atoms with Crippen molar-refractivity contribution in [2.24, 2.45) is 0 Å². The van der Waals surface area contributed by atoms with Gasteiger partial charge in [-0.1, -0.05) is 0 Å². The maximum Gasteiger partial charge on any atom is 0.335 e. The van der Waals surface area contributed by atoms with Crippen LogP contribution in [-0.2, 0) is 28.5 Å².